The zero-order valence-electron chi connectivity index (χ0n) is 8.46. The van der Waals surface area contributed by atoms with Gasteiger partial charge in [0.1, 0.15) is 6.10 Å². The molecule has 0 bridgehead atoms. The molecule has 0 aromatic heterocycles. The summed E-state index contributed by atoms with van der Waals surface area (Å²) >= 11 is 0. The van der Waals surface area contributed by atoms with Crippen molar-refractivity contribution >= 4 is 15.9 Å². The normalized spacial score (nSPS) is 25.4. The number of nitrogens with two attached hydrogens (primary N) is 1. The van der Waals surface area contributed by atoms with E-state index in [1.54, 1.807) is 6.92 Å². The molecule has 1 unspecified atom stereocenters. The lowest BCUT2D eigenvalue weighted by atomic mass is 10.3. The fourth-order valence-electron chi connectivity index (χ4n) is 1.30. The SMILES string of the molecule is CCS(=O)(=O)N1CCOC(C(N)=NO)C1. The average Bonchev–Trinajstić information content (AvgIpc) is 2.28. The third-order valence-corrected chi connectivity index (χ3v) is 4.08. The fourth-order valence-corrected chi connectivity index (χ4v) is 2.38. The summed E-state index contributed by atoms with van der Waals surface area (Å²) in [7, 11) is -3.23. The third kappa shape index (κ3) is 2.80. The third-order valence-electron chi connectivity index (χ3n) is 2.23. The van der Waals surface area contributed by atoms with Gasteiger partial charge >= 0.3 is 0 Å². The molecule has 1 rings (SSSR count). The van der Waals surface area contributed by atoms with Crippen LogP contribution < -0.4 is 5.73 Å². The number of morpholine rings is 1. The van der Waals surface area contributed by atoms with Crippen molar-refractivity contribution in [1.82, 2.24) is 4.31 Å². The van der Waals surface area contributed by atoms with Crippen LogP contribution in [0, 0.1) is 0 Å². The Bertz CT molecular complexity index is 340. The first-order chi connectivity index (χ1) is 7.01. The van der Waals surface area contributed by atoms with Crippen molar-refractivity contribution in [2.24, 2.45) is 10.9 Å². The molecule has 1 fully saturated rings. The molecule has 1 atom stereocenters. The largest absolute Gasteiger partial charge is 0.409 e. The van der Waals surface area contributed by atoms with Crippen LogP contribution in [0.1, 0.15) is 6.92 Å². The van der Waals surface area contributed by atoms with Crippen LogP contribution in [-0.4, -0.2) is 55.3 Å². The molecule has 0 spiro atoms. The van der Waals surface area contributed by atoms with Gasteiger partial charge in [0.25, 0.3) is 0 Å². The molecule has 0 aromatic rings. The summed E-state index contributed by atoms with van der Waals surface area (Å²) in [5.41, 5.74) is 5.35. The molecule has 7 nitrogen and oxygen atoms in total. The highest BCUT2D eigenvalue weighted by atomic mass is 32.2. The van der Waals surface area contributed by atoms with Crippen LogP contribution in [0.25, 0.3) is 0 Å². The van der Waals surface area contributed by atoms with E-state index < -0.39 is 16.1 Å². The van der Waals surface area contributed by atoms with Crippen molar-refractivity contribution in [1.29, 1.82) is 0 Å². The zero-order valence-corrected chi connectivity index (χ0v) is 9.27. The number of rotatable bonds is 3. The van der Waals surface area contributed by atoms with Gasteiger partial charge < -0.3 is 15.7 Å². The van der Waals surface area contributed by atoms with Crippen molar-refractivity contribution in [3.05, 3.63) is 0 Å². The van der Waals surface area contributed by atoms with Gasteiger partial charge in [-0.05, 0) is 6.92 Å². The van der Waals surface area contributed by atoms with E-state index in [4.69, 9.17) is 15.7 Å². The molecule has 0 saturated carbocycles. The van der Waals surface area contributed by atoms with Crippen molar-refractivity contribution in [2.75, 3.05) is 25.4 Å². The molecular formula is C7H15N3O4S. The minimum atomic E-state index is -3.23. The van der Waals surface area contributed by atoms with Crippen LogP contribution in [0.3, 0.4) is 0 Å². The summed E-state index contributed by atoms with van der Waals surface area (Å²) in [5, 5.41) is 11.3. The first-order valence-electron chi connectivity index (χ1n) is 4.58. The van der Waals surface area contributed by atoms with Crippen molar-refractivity contribution < 1.29 is 18.4 Å². The van der Waals surface area contributed by atoms with Gasteiger partial charge in [-0.2, -0.15) is 4.31 Å². The second kappa shape index (κ2) is 4.77. The molecular weight excluding hydrogens is 222 g/mol. The van der Waals surface area contributed by atoms with Gasteiger partial charge in [0.2, 0.25) is 10.0 Å². The topological polar surface area (TPSA) is 105 Å². The molecule has 0 aliphatic carbocycles. The Balaban J connectivity index is 2.73. The van der Waals surface area contributed by atoms with E-state index in [0.717, 1.165) is 0 Å². The summed E-state index contributed by atoms with van der Waals surface area (Å²) in [6.45, 7) is 2.24. The average molecular weight is 237 g/mol. The monoisotopic (exact) mass is 237 g/mol. The lowest BCUT2D eigenvalue weighted by Gasteiger charge is -2.30. The number of nitrogens with zero attached hydrogens (tertiary/aromatic N) is 2. The molecule has 0 aromatic carbocycles. The molecule has 1 heterocycles. The van der Waals surface area contributed by atoms with E-state index in [-0.39, 0.29) is 24.7 Å². The number of hydrogen-bond acceptors (Lipinski definition) is 5. The summed E-state index contributed by atoms with van der Waals surface area (Å²) in [5.74, 6) is -0.0680. The summed E-state index contributed by atoms with van der Waals surface area (Å²) in [6.07, 6.45) is -0.662. The van der Waals surface area contributed by atoms with Crippen LogP contribution in [0.5, 0.6) is 0 Å². The van der Waals surface area contributed by atoms with E-state index in [0.29, 0.717) is 6.54 Å². The van der Waals surface area contributed by atoms with E-state index in [2.05, 4.69) is 5.16 Å². The molecule has 1 aliphatic rings. The molecule has 0 radical (unpaired) electrons. The minimum Gasteiger partial charge on any atom is -0.409 e. The minimum absolute atomic E-state index is 0.0376. The Morgan fingerprint density at radius 2 is 2.40 bits per heavy atom. The van der Waals surface area contributed by atoms with E-state index in [9.17, 15) is 8.42 Å². The Labute approximate surface area is 88.5 Å². The van der Waals surface area contributed by atoms with Gasteiger partial charge in [0, 0.05) is 13.1 Å². The highest BCUT2D eigenvalue weighted by Gasteiger charge is 2.30. The van der Waals surface area contributed by atoms with Gasteiger partial charge in [-0.1, -0.05) is 5.16 Å². The standard InChI is InChI=1S/C7H15N3O4S/c1-2-15(12,13)10-3-4-14-6(5-10)7(8)9-11/h6,11H,2-5H2,1H3,(H2,8,9). The lowest BCUT2D eigenvalue weighted by Crippen LogP contribution is -2.50. The molecule has 0 amide bonds. The molecule has 3 N–H and O–H groups in total. The van der Waals surface area contributed by atoms with Crippen LogP contribution in [0.15, 0.2) is 5.16 Å². The molecule has 88 valence electrons. The number of amidine groups is 1. The quantitative estimate of drug-likeness (QED) is 0.277. The first kappa shape index (κ1) is 12.2. The lowest BCUT2D eigenvalue weighted by molar-refractivity contribution is 0.0355. The van der Waals surface area contributed by atoms with Crippen molar-refractivity contribution in [3.63, 3.8) is 0 Å². The predicted octanol–water partition coefficient (Wildman–Crippen LogP) is -1.22. The Kier molecular flexibility index (Phi) is 3.89. The van der Waals surface area contributed by atoms with Crippen LogP contribution in [0.4, 0.5) is 0 Å². The maximum atomic E-state index is 11.5. The van der Waals surface area contributed by atoms with Gasteiger partial charge in [-0.3, -0.25) is 0 Å². The predicted molar refractivity (Wildman–Crippen MR) is 54.2 cm³/mol. The number of oxime groups is 1. The number of hydrogen-bond donors (Lipinski definition) is 2. The Morgan fingerprint density at radius 3 is 2.93 bits per heavy atom. The smallest absolute Gasteiger partial charge is 0.214 e. The van der Waals surface area contributed by atoms with Gasteiger partial charge in [-0.15, -0.1) is 0 Å². The van der Waals surface area contributed by atoms with Crippen LogP contribution in [-0.2, 0) is 14.8 Å². The number of ether oxygens (including phenoxy) is 1. The van der Waals surface area contributed by atoms with Gasteiger partial charge in [0.05, 0.1) is 12.4 Å². The highest BCUT2D eigenvalue weighted by molar-refractivity contribution is 7.89. The molecule has 1 saturated heterocycles. The van der Waals surface area contributed by atoms with E-state index >= 15 is 0 Å². The molecule has 1 aliphatic heterocycles. The van der Waals surface area contributed by atoms with Gasteiger partial charge in [0.15, 0.2) is 5.84 Å². The van der Waals surface area contributed by atoms with E-state index in [1.165, 1.54) is 4.31 Å². The molecule has 15 heavy (non-hydrogen) atoms. The van der Waals surface area contributed by atoms with Crippen LogP contribution in [0.2, 0.25) is 0 Å². The Hall–Kier alpha value is -0.860. The van der Waals surface area contributed by atoms with Gasteiger partial charge in [-0.25, -0.2) is 8.42 Å². The molecule has 8 heteroatoms. The fraction of sp³-hybridized carbons (Fsp3) is 0.857. The van der Waals surface area contributed by atoms with Crippen molar-refractivity contribution in [2.45, 2.75) is 13.0 Å². The summed E-state index contributed by atoms with van der Waals surface area (Å²) in [4.78, 5) is 0. The summed E-state index contributed by atoms with van der Waals surface area (Å²) in [6, 6.07) is 0. The van der Waals surface area contributed by atoms with Crippen molar-refractivity contribution in [3.8, 4) is 0 Å². The van der Waals surface area contributed by atoms with Crippen LogP contribution >= 0.6 is 0 Å². The first-order valence-corrected chi connectivity index (χ1v) is 6.19. The van der Waals surface area contributed by atoms with E-state index in [1.807, 2.05) is 0 Å². The second-order valence-corrected chi connectivity index (χ2v) is 5.40. The maximum absolute atomic E-state index is 11.5. The Morgan fingerprint density at radius 1 is 1.73 bits per heavy atom. The second-order valence-electron chi connectivity index (χ2n) is 3.14. The zero-order chi connectivity index (χ0) is 11.5. The summed E-state index contributed by atoms with van der Waals surface area (Å²) < 4.78 is 29.5. The number of sulfonamides is 1. The highest BCUT2D eigenvalue weighted by Crippen LogP contribution is 2.10. The maximum Gasteiger partial charge on any atom is 0.214 e.